The van der Waals surface area contributed by atoms with Gasteiger partial charge in [-0.05, 0) is 37.0 Å². The lowest BCUT2D eigenvalue weighted by Gasteiger charge is -2.39. The number of carbonyl (C=O) groups excluding carboxylic acids is 1. The molecule has 0 aromatic rings. The van der Waals surface area contributed by atoms with Crippen LogP contribution in [0, 0.1) is 16.7 Å². The summed E-state index contributed by atoms with van der Waals surface area (Å²) >= 11 is 0. The molecule has 1 N–H and O–H groups in total. The van der Waals surface area contributed by atoms with Crippen LogP contribution in [0.15, 0.2) is 0 Å². The van der Waals surface area contributed by atoms with E-state index in [2.05, 4.69) is 26.1 Å². The molecule has 0 aromatic heterocycles. The number of carbonyl (C=O) groups is 1. The van der Waals surface area contributed by atoms with Crippen molar-refractivity contribution in [2.75, 3.05) is 0 Å². The van der Waals surface area contributed by atoms with Crippen molar-refractivity contribution in [1.29, 1.82) is 0 Å². The van der Waals surface area contributed by atoms with Crippen LogP contribution in [-0.2, 0) is 4.79 Å². The van der Waals surface area contributed by atoms with Gasteiger partial charge in [-0.1, -0.05) is 48.0 Å². The Hall–Kier alpha value is -0.530. The van der Waals surface area contributed by atoms with E-state index in [4.69, 9.17) is 0 Å². The normalized spacial score (nSPS) is 25.9. The molecule has 1 amide bonds. The van der Waals surface area contributed by atoms with Gasteiger partial charge in [-0.15, -0.1) is 0 Å². The van der Waals surface area contributed by atoms with Crippen molar-refractivity contribution in [3.05, 3.63) is 0 Å². The lowest BCUT2D eigenvalue weighted by atomic mass is 9.69. The topological polar surface area (TPSA) is 29.1 Å². The Morgan fingerprint density at radius 3 is 1.94 bits per heavy atom. The number of rotatable bonds is 3. The molecule has 0 heterocycles. The van der Waals surface area contributed by atoms with Gasteiger partial charge in [0.2, 0.25) is 5.91 Å². The van der Waals surface area contributed by atoms with Crippen LogP contribution in [0.1, 0.15) is 73.6 Å². The third kappa shape index (κ3) is 4.00. The summed E-state index contributed by atoms with van der Waals surface area (Å²) < 4.78 is 0. The average molecular weight is 253 g/mol. The zero-order valence-electron chi connectivity index (χ0n) is 13.1. The highest BCUT2D eigenvalue weighted by Crippen LogP contribution is 2.40. The van der Waals surface area contributed by atoms with Crippen LogP contribution in [0.2, 0.25) is 0 Å². The maximum absolute atomic E-state index is 12.0. The summed E-state index contributed by atoms with van der Waals surface area (Å²) in [5.74, 6) is 1.02. The second-order valence-electron chi connectivity index (χ2n) is 7.61. The Bertz CT molecular complexity index is 280. The molecule has 1 aliphatic rings. The molecular weight excluding hydrogens is 222 g/mol. The van der Waals surface area contributed by atoms with Crippen molar-refractivity contribution in [2.45, 2.75) is 79.7 Å². The molecule has 0 bridgehead atoms. The van der Waals surface area contributed by atoms with Crippen LogP contribution in [-0.4, -0.2) is 11.9 Å². The van der Waals surface area contributed by atoms with E-state index < -0.39 is 0 Å². The summed E-state index contributed by atoms with van der Waals surface area (Å²) in [4.78, 5) is 12.0. The number of hydrogen-bond donors (Lipinski definition) is 1. The van der Waals surface area contributed by atoms with Gasteiger partial charge in [0.1, 0.15) is 0 Å². The van der Waals surface area contributed by atoms with Crippen LogP contribution in [0.25, 0.3) is 0 Å². The molecule has 1 fully saturated rings. The van der Waals surface area contributed by atoms with Gasteiger partial charge < -0.3 is 5.32 Å². The summed E-state index contributed by atoms with van der Waals surface area (Å²) in [5.41, 5.74) is 0.193. The molecule has 0 aromatic carbocycles. The van der Waals surface area contributed by atoms with Gasteiger partial charge in [-0.25, -0.2) is 0 Å². The Kier molecular flexibility index (Phi) is 4.85. The number of amides is 1. The fourth-order valence-corrected chi connectivity index (χ4v) is 2.71. The minimum atomic E-state index is -0.264. The third-order valence-electron chi connectivity index (χ3n) is 4.76. The lowest BCUT2D eigenvalue weighted by molar-refractivity contribution is -0.129. The quantitative estimate of drug-likeness (QED) is 0.804. The predicted molar refractivity (Wildman–Crippen MR) is 77.4 cm³/mol. The van der Waals surface area contributed by atoms with E-state index in [9.17, 15) is 4.79 Å². The molecule has 0 saturated heterocycles. The summed E-state index contributed by atoms with van der Waals surface area (Å²) in [6, 6.07) is 0.403. The maximum atomic E-state index is 12.0. The van der Waals surface area contributed by atoms with Gasteiger partial charge in [0.25, 0.3) is 0 Å². The summed E-state index contributed by atoms with van der Waals surface area (Å²) in [6.45, 7) is 13.0. The van der Waals surface area contributed by atoms with Crippen molar-refractivity contribution >= 4 is 5.91 Å². The first-order valence-corrected chi connectivity index (χ1v) is 7.48. The van der Waals surface area contributed by atoms with E-state index in [-0.39, 0.29) is 11.3 Å². The van der Waals surface area contributed by atoms with Crippen LogP contribution < -0.4 is 5.32 Å². The molecule has 0 atom stereocenters. The van der Waals surface area contributed by atoms with E-state index in [0.717, 1.165) is 18.8 Å². The summed E-state index contributed by atoms with van der Waals surface area (Å²) in [6.07, 6.45) is 6.06. The van der Waals surface area contributed by atoms with Crippen LogP contribution in [0.4, 0.5) is 0 Å². The number of hydrogen-bond acceptors (Lipinski definition) is 1. The molecule has 18 heavy (non-hydrogen) atoms. The zero-order chi connectivity index (χ0) is 14.0. The minimum absolute atomic E-state index is 0.195. The Labute approximate surface area is 113 Å². The zero-order valence-corrected chi connectivity index (χ0v) is 13.1. The van der Waals surface area contributed by atoms with Gasteiger partial charge in [0.15, 0.2) is 0 Å². The van der Waals surface area contributed by atoms with Crippen molar-refractivity contribution < 1.29 is 4.79 Å². The fourth-order valence-electron chi connectivity index (χ4n) is 2.71. The first-order valence-electron chi connectivity index (χ1n) is 7.48. The fraction of sp³-hybridized carbons (Fsp3) is 0.938. The Morgan fingerprint density at radius 1 is 1.06 bits per heavy atom. The highest BCUT2D eigenvalue weighted by atomic mass is 16.2. The monoisotopic (exact) mass is 253 g/mol. The molecule has 1 saturated carbocycles. The molecule has 1 aliphatic carbocycles. The smallest absolute Gasteiger partial charge is 0.225 e. The van der Waals surface area contributed by atoms with Gasteiger partial charge in [0, 0.05) is 11.5 Å². The van der Waals surface area contributed by atoms with Crippen molar-refractivity contribution in [2.24, 2.45) is 16.7 Å². The summed E-state index contributed by atoms with van der Waals surface area (Å²) in [5, 5.41) is 3.21. The van der Waals surface area contributed by atoms with E-state index in [1.807, 2.05) is 20.8 Å². The molecular formula is C16H31NO. The van der Waals surface area contributed by atoms with Crippen molar-refractivity contribution in [3.63, 3.8) is 0 Å². The van der Waals surface area contributed by atoms with E-state index in [1.165, 1.54) is 19.3 Å². The molecule has 0 spiro atoms. The van der Waals surface area contributed by atoms with E-state index in [1.54, 1.807) is 0 Å². The molecule has 0 radical (unpaired) electrons. The molecule has 2 nitrogen and oxygen atoms in total. The second-order valence-corrected chi connectivity index (χ2v) is 7.61. The van der Waals surface area contributed by atoms with Crippen LogP contribution in [0.3, 0.4) is 0 Å². The van der Waals surface area contributed by atoms with Crippen LogP contribution >= 0.6 is 0 Å². The number of nitrogens with one attached hydrogen (secondary N) is 1. The highest BCUT2D eigenvalue weighted by Gasteiger charge is 2.33. The van der Waals surface area contributed by atoms with Gasteiger partial charge >= 0.3 is 0 Å². The average Bonchev–Trinajstić information content (AvgIpc) is 2.28. The molecule has 0 aliphatic heterocycles. The summed E-state index contributed by atoms with van der Waals surface area (Å²) in [7, 11) is 0. The van der Waals surface area contributed by atoms with E-state index in [0.29, 0.717) is 11.5 Å². The standard InChI is InChI=1S/C16H31NO/c1-7-16(5,6)12-8-10-13(11-9-12)17-14(18)15(2,3)4/h12-13H,7-11H2,1-6H3,(H,17,18). The molecule has 2 heteroatoms. The Balaban J connectivity index is 2.43. The third-order valence-corrected chi connectivity index (χ3v) is 4.76. The first kappa shape index (κ1) is 15.5. The van der Waals surface area contributed by atoms with Gasteiger partial charge in [-0.3, -0.25) is 4.79 Å². The molecule has 0 unspecified atom stereocenters. The highest BCUT2D eigenvalue weighted by molar-refractivity contribution is 5.81. The van der Waals surface area contributed by atoms with Crippen molar-refractivity contribution in [1.82, 2.24) is 5.32 Å². The Morgan fingerprint density at radius 2 is 1.56 bits per heavy atom. The lowest BCUT2D eigenvalue weighted by Crippen LogP contribution is -2.44. The minimum Gasteiger partial charge on any atom is -0.353 e. The van der Waals surface area contributed by atoms with E-state index >= 15 is 0 Å². The second kappa shape index (κ2) is 5.63. The maximum Gasteiger partial charge on any atom is 0.225 e. The van der Waals surface area contributed by atoms with Gasteiger partial charge in [0.05, 0.1) is 0 Å². The molecule has 106 valence electrons. The molecule has 1 rings (SSSR count). The van der Waals surface area contributed by atoms with Crippen LogP contribution in [0.5, 0.6) is 0 Å². The predicted octanol–water partition coefficient (Wildman–Crippen LogP) is 4.14. The SMILES string of the molecule is CCC(C)(C)C1CCC(NC(=O)C(C)(C)C)CC1. The largest absolute Gasteiger partial charge is 0.353 e. The first-order chi connectivity index (χ1) is 8.16. The van der Waals surface area contributed by atoms with Gasteiger partial charge in [-0.2, -0.15) is 0 Å². The van der Waals surface area contributed by atoms with Crippen molar-refractivity contribution in [3.8, 4) is 0 Å².